The number of carbonyl (C=O) groups is 1. The Hall–Kier alpha value is -3.67. The Morgan fingerprint density at radius 2 is 1.79 bits per heavy atom. The highest BCUT2D eigenvalue weighted by atomic mass is 16.5. The Balaban J connectivity index is 1.98. The van der Waals surface area contributed by atoms with E-state index in [2.05, 4.69) is 10.1 Å². The first-order valence-electron chi connectivity index (χ1n) is 9.21. The molecule has 3 aromatic rings. The maximum atomic E-state index is 12.6. The molecule has 0 atom stereocenters. The molecule has 0 aliphatic heterocycles. The van der Waals surface area contributed by atoms with Crippen LogP contribution in [0.4, 0.5) is 5.82 Å². The van der Waals surface area contributed by atoms with Gasteiger partial charge in [0.15, 0.2) is 11.6 Å². The first-order valence-corrected chi connectivity index (χ1v) is 9.21. The molecule has 0 N–H and O–H groups in total. The van der Waals surface area contributed by atoms with E-state index in [9.17, 15) is 4.79 Å². The molecule has 2 aromatic carbocycles. The number of para-hydroxylation sites is 1. The molecule has 0 unspecified atom stereocenters. The number of rotatable bonds is 7. The summed E-state index contributed by atoms with van der Waals surface area (Å²) >= 11 is 0. The molecule has 0 fully saturated rings. The first-order chi connectivity index (χ1) is 14.0. The largest absolute Gasteiger partial charge is 0.497 e. The van der Waals surface area contributed by atoms with E-state index in [0.29, 0.717) is 17.1 Å². The van der Waals surface area contributed by atoms with Crippen molar-refractivity contribution in [2.45, 2.75) is 6.92 Å². The number of ether oxygens (including phenoxy) is 1. The van der Waals surface area contributed by atoms with Crippen LogP contribution in [-0.2, 0) is 0 Å². The molecule has 0 spiro atoms. The van der Waals surface area contributed by atoms with Crippen molar-refractivity contribution in [1.29, 1.82) is 0 Å². The van der Waals surface area contributed by atoms with Gasteiger partial charge in [-0.3, -0.25) is 4.79 Å². The molecule has 1 heterocycles. The van der Waals surface area contributed by atoms with E-state index < -0.39 is 0 Å². The molecule has 0 bridgehead atoms. The van der Waals surface area contributed by atoms with Gasteiger partial charge in [0.25, 0.3) is 0 Å². The third-order valence-corrected chi connectivity index (χ3v) is 4.27. The number of methoxy groups -OCH3 is 1. The summed E-state index contributed by atoms with van der Waals surface area (Å²) in [7, 11) is 5.41. The highest BCUT2D eigenvalue weighted by molar-refractivity contribution is 6.07. The number of benzene rings is 2. The smallest absolute Gasteiger partial charge is 0.185 e. The van der Waals surface area contributed by atoms with Crippen LogP contribution in [0.1, 0.15) is 21.6 Å². The minimum absolute atomic E-state index is 0.0953. The number of hydrogen-bond acceptors (Lipinski definition) is 4. The lowest BCUT2D eigenvalue weighted by Crippen LogP contribution is -2.07. The van der Waals surface area contributed by atoms with Gasteiger partial charge in [0.05, 0.1) is 24.8 Å². The molecule has 0 saturated carbocycles. The molecular weight excluding hydrogens is 364 g/mol. The predicted molar refractivity (Wildman–Crippen MR) is 116 cm³/mol. The van der Waals surface area contributed by atoms with Gasteiger partial charge in [0.1, 0.15) is 5.75 Å². The minimum Gasteiger partial charge on any atom is -0.497 e. The predicted octanol–water partition coefficient (Wildman–Crippen LogP) is 4.31. The van der Waals surface area contributed by atoms with Gasteiger partial charge in [-0.15, -0.1) is 0 Å². The fourth-order valence-electron chi connectivity index (χ4n) is 2.78. The van der Waals surface area contributed by atoms with Crippen LogP contribution >= 0.6 is 0 Å². The standard InChI is InChI=1S/C23H24N4O2/c1-17-21(14-15-22(28)18-10-12-20(29-4)13-11-18)23(24-16-26(2)3)27(25-17)19-8-6-5-7-9-19/h5-16H,1-4H3/b15-14+,24-16+. The molecule has 29 heavy (non-hydrogen) atoms. The number of aryl methyl sites for hydroxylation is 1. The number of ketones is 1. The number of nitrogens with zero attached hydrogens (tertiary/aromatic N) is 4. The molecule has 148 valence electrons. The molecule has 6 nitrogen and oxygen atoms in total. The van der Waals surface area contributed by atoms with Crippen LogP contribution in [0, 0.1) is 6.92 Å². The van der Waals surface area contributed by atoms with Gasteiger partial charge in [-0.1, -0.05) is 18.2 Å². The molecular formula is C23H24N4O2. The average Bonchev–Trinajstić information content (AvgIpc) is 3.06. The molecule has 0 aliphatic rings. The molecule has 1 aromatic heterocycles. The average molecular weight is 388 g/mol. The highest BCUT2D eigenvalue weighted by Crippen LogP contribution is 2.27. The Morgan fingerprint density at radius 1 is 1.10 bits per heavy atom. The lowest BCUT2D eigenvalue weighted by atomic mass is 10.1. The number of aliphatic imine (C=N–C) groups is 1. The first kappa shape index (κ1) is 20.1. The van der Waals surface area contributed by atoms with E-state index in [-0.39, 0.29) is 5.78 Å². The lowest BCUT2D eigenvalue weighted by molar-refractivity contribution is 0.104. The van der Waals surface area contributed by atoms with E-state index >= 15 is 0 Å². The summed E-state index contributed by atoms with van der Waals surface area (Å²) in [6.45, 7) is 1.91. The second kappa shape index (κ2) is 9.01. The summed E-state index contributed by atoms with van der Waals surface area (Å²) in [5.41, 5.74) is 3.09. The fourth-order valence-corrected chi connectivity index (χ4v) is 2.78. The van der Waals surface area contributed by atoms with Gasteiger partial charge in [-0.25, -0.2) is 9.67 Å². The fraction of sp³-hybridized carbons (Fsp3) is 0.174. The third-order valence-electron chi connectivity index (χ3n) is 4.27. The number of allylic oxidation sites excluding steroid dienone is 1. The van der Waals surface area contributed by atoms with Crippen molar-refractivity contribution < 1.29 is 9.53 Å². The van der Waals surface area contributed by atoms with Gasteiger partial charge in [0.2, 0.25) is 0 Å². The minimum atomic E-state index is -0.0953. The number of aromatic nitrogens is 2. The van der Waals surface area contributed by atoms with Crippen molar-refractivity contribution in [2.24, 2.45) is 4.99 Å². The maximum absolute atomic E-state index is 12.6. The van der Waals surface area contributed by atoms with E-state index in [1.54, 1.807) is 54.5 Å². The van der Waals surface area contributed by atoms with Crippen molar-refractivity contribution in [3.8, 4) is 11.4 Å². The molecule has 0 saturated heterocycles. The van der Waals surface area contributed by atoms with Crippen molar-refractivity contribution in [3.63, 3.8) is 0 Å². The van der Waals surface area contributed by atoms with Crippen molar-refractivity contribution in [2.75, 3.05) is 21.2 Å². The second-order valence-electron chi connectivity index (χ2n) is 6.70. The van der Waals surface area contributed by atoms with Gasteiger partial charge in [0, 0.05) is 25.2 Å². The van der Waals surface area contributed by atoms with Crippen LogP contribution in [-0.4, -0.2) is 48.0 Å². The van der Waals surface area contributed by atoms with E-state index in [1.807, 2.05) is 56.3 Å². The van der Waals surface area contributed by atoms with E-state index in [4.69, 9.17) is 4.74 Å². The van der Waals surface area contributed by atoms with Crippen molar-refractivity contribution >= 4 is 24.0 Å². The summed E-state index contributed by atoms with van der Waals surface area (Å²) in [6, 6.07) is 16.8. The van der Waals surface area contributed by atoms with E-state index in [1.165, 1.54) is 0 Å². The highest BCUT2D eigenvalue weighted by Gasteiger charge is 2.14. The molecule has 0 radical (unpaired) electrons. The Morgan fingerprint density at radius 3 is 2.41 bits per heavy atom. The lowest BCUT2D eigenvalue weighted by Gasteiger charge is -2.06. The van der Waals surface area contributed by atoms with Gasteiger partial charge < -0.3 is 9.64 Å². The molecule has 3 rings (SSSR count). The van der Waals surface area contributed by atoms with Crippen LogP contribution in [0.2, 0.25) is 0 Å². The van der Waals surface area contributed by atoms with Gasteiger partial charge >= 0.3 is 0 Å². The normalized spacial score (nSPS) is 11.3. The second-order valence-corrected chi connectivity index (χ2v) is 6.70. The Labute approximate surface area is 170 Å². The Bertz CT molecular complexity index is 1030. The Kier molecular flexibility index (Phi) is 6.24. The monoisotopic (exact) mass is 388 g/mol. The maximum Gasteiger partial charge on any atom is 0.185 e. The third kappa shape index (κ3) is 4.79. The van der Waals surface area contributed by atoms with Crippen LogP contribution in [0.5, 0.6) is 5.75 Å². The number of hydrogen-bond donors (Lipinski definition) is 0. The van der Waals surface area contributed by atoms with Crippen molar-refractivity contribution in [3.05, 3.63) is 77.5 Å². The van der Waals surface area contributed by atoms with Crippen molar-refractivity contribution in [1.82, 2.24) is 14.7 Å². The van der Waals surface area contributed by atoms with Crippen LogP contribution < -0.4 is 4.74 Å². The SMILES string of the molecule is COc1ccc(C(=O)/C=C/c2c(C)nn(-c3ccccc3)c2/N=C/N(C)C)cc1. The summed E-state index contributed by atoms with van der Waals surface area (Å²) in [6.07, 6.45) is 5.05. The van der Waals surface area contributed by atoms with Gasteiger partial charge in [-0.2, -0.15) is 5.10 Å². The van der Waals surface area contributed by atoms with Crippen LogP contribution in [0.25, 0.3) is 11.8 Å². The molecule has 0 amide bonds. The topological polar surface area (TPSA) is 59.7 Å². The molecule has 0 aliphatic carbocycles. The number of carbonyl (C=O) groups excluding carboxylic acids is 1. The van der Waals surface area contributed by atoms with Gasteiger partial charge in [-0.05, 0) is 55.5 Å². The van der Waals surface area contributed by atoms with Crippen LogP contribution in [0.15, 0.2) is 65.7 Å². The zero-order valence-corrected chi connectivity index (χ0v) is 17.0. The zero-order valence-electron chi connectivity index (χ0n) is 17.0. The summed E-state index contributed by atoms with van der Waals surface area (Å²) < 4.78 is 6.93. The van der Waals surface area contributed by atoms with E-state index in [0.717, 1.165) is 16.9 Å². The molecule has 6 heteroatoms. The summed E-state index contributed by atoms with van der Waals surface area (Å²) in [5, 5.41) is 4.64. The van der Waals surface area contributed by atoms with Crippen LogP contribution in [0.3, 0.4) is 0 Å². The quantitative estimate of drug-likeness (QED) is 0.262. The summed E-state index contributed by atoms with van der Waals surface area (Å²) in [5.74, 6) is 1.29. The summed E-state index contributed by atoms with van der Waals surface area (Å²) in [4.78, 5) is 19.0. The zero-order chi connectivity index (χ0) is 20.8.